The van der Waals surface area contributed by atoms with Crippen LogP contribution in [0, 0.1) is 0 Å². The van der Waals surface area contributed by atoms with Crippen LogP contribution >= 0.6 is 0 Å². The Morgan fingerprint density at radius 2 is 2.08 bits per heavy atom. The number of ether oxygens (including phenoxy) is 1. The van der Waals surface area contributed by atoms with E-state index in [4.69, 9.17) is 21.3 Å². The van der Waals surface area contributed by atoms with Gasteiger partial charge in [0.25, 0.3) is 0 Å². The number of benzene rings is 1. The van der Waals surface area contributed by atoms with Gasteiger partial charge >= 0.3 is 0 Å². The van der Waals surface area contributed by atoms with Crippen molar-refractivity contribution in [2.75, 3.05) is 18.1 Å². The van der Waals surface area contributed by atoms with E-state index in [1.807, 2.05) is 6.92 Å². The average molecular weight is 182 g/mol. The van der Waals surface area contributed by atoms with Crippen molar-refractivity contribution in [3.8, 4) is 5.75 Å². The average Bonchev–Trinajstić information content (AvgIpc) is 2.12. The lowest BCUT2D eigenvalue weighted by Gasteiger charge is -2.12. The highest BCUT2D eigenvalue weighted by atomic mass is 16.5. The molecule has 0 fully saturated rings. The van der Waals surface area contributed by atoms with E-state index >= 15 is 0 Å². The fraction of sp³-hybridized carbons (Fsp3) is 0.333. The van der Waals surface area contributed by atoms with Crippen LogP contribution in [0.3, 0.4) is 0 Å². The number of anilines is 2. The van der Waals surface area contributed by atoms with Gasteiger partial charge in [0.1, 0.15) is 5.75 Å². The van der Waals surface area contributed by atoms with Crippen LogP contribution in [0.4, 0.5) is 11.4 Å². The first-order valence-corrected chi connectivity index (χ1v) is 4.11. The van der Waals surface area contributed by atoms with E-state index in [9.17, 15) is 0 Å². The molecular weight excluding hydrogens is 168 g/mol. The molecule has 0 aliphatic heterocycles. The Morgan fingerprint density at radius 1 is 1.38 bits per heavy atom. The molecule has 0 unspecified atom stereocenters. The molecule has 1 aromatic rings. The molecule has 13 heavy (non-hydrogen) atoms. The second-order valence-electron chi connectivity index (χ2n) is 2.64. The minimum atomic E-state index is -0.161. The number of nitrogens with two attached hydrogens (primary N) is 2. The summed E-state index contributed by atoms with van der Waals surface area (Å²) in [6.07, 6.45) is 0. The first kappa shape index (κ1) is 9.67. The van der Waals surface area contributed by atoms with Crippen LogP contribution in [0.2, 0.25) is 0 Å². The molecule has 1 aromatic carbocycles. The molecule has 0 heterocycles. The second-order valence-corrected chi connectivity index (χ2v) is 2.64. The minimum absolute atomic E-state index is 0.161. The van der Waals surface area contributed by atoms with Crippen molar-refractivity contribution in [1.29, 1.82) is 0 Å². The van der Waals surface area contributed by atoms with E-state index in [-0.39, 0.29) is 6.61 Å². The van der Waals surface area contributed by atoms with Gasteiger partial charge in [-0.2, -0.15) is 0 Å². The van der Waals surface area contributed by atoms with Gasteiger partial charge in [-0.05, 0) is 19.1 Å². The smallest absolute Gasteiger partial charge is 0.127 e. The Hall–Kier alpha value is -1.42. The zero-order chi connectivity index (χ0) is 9.84. The van der Waals surface area contributed by atoms with Gasteiger partial charge in [-0.3, -0.25) is 0 Å². The monoisotopic (exact) mass is 182 g/mol. The third-order valence-corrected chi connectivity index (χ3v) is 1.81. The van der Waals surface area contributed by atoms with Crippen LogP contribution in [0.5, 0.6) is 5.75 Å². The Labute approximate surface area is 77.1 Å². The molecule has 0 saturated heterocycles. The van der Waals surface area contributed by atoms with Crippen molar-refractivity contribution >= 4 is 11.4 Å². The van der Waals surface area contributed by atoms with Gasteiger partial charge < -0.3 is 21.3 Å². The summed E-state index contributed by atoms with van der Waals surface area (Å²) in [6, 6.07) is 3.38. The van der Waals surface area contributed by atoms with Gasteiger partial charge in [0.05, 0.1) is 24.6 Å². The van der Waals surface area contributed by atoms with Crippen LogP contribution in [0.1, 0.15) is 12.5 Å². The summed E-state index contributed by atoms with van der Waals surface area (Å²) in [7, 11) is 0. The summed E-state index contributed by atoms with van der Waals surface area (Å²) in [5, 5.41) is 9.03. The Bertz CT molecular complexity index is 300. The molecule has 4 nitrogen and oxygen atoms in total. The van der Waals surface area contributed by atoms with Crippen molar-refractivity contribution in [1.82, 2.24) is 0 Å². The van der Waals surface area contributed by atoms with Crippen molar-refractivity contribution < 1.29 is 9.84 Å². The molecule has 0 spiro atoms. The highest BCUT2D eigenvalue weighted by Gasteiger charge is 2.08. The number of rotatable bonds is 3. The number of hydrogen-bond donors (Lipinski definition) is 3. The SMILES string of the molecule is CCOc1ccc(N)c(N)c1CO. The zero-order valence-corrected chi connectivity index (χ0v) is 7.58. The lowest BCUT2D eigenvalue weighted by molar-refractivity contribution is 0.268. The predicted octanol–water partition coefficient (Wildman–Crippen LogP) is 0.742. The molecule has 0 radical (unpaired) electrons. The van der Waals surface area contributed by atoms with Crippen LogP contribution in [0.25, 0.3) is 0 Å². The Morgan fingerprint density at radius 3 is 2.62 bits per heavy atom. The molecule has 0 aliphatic carbocycles. The number of hydrogen-bond acceptors (Lipinski definition) is 4. The highest BCUT2D eigenvalue weighted by Crippen LogP contribution is 2.29. The summed E-state index contributed by atoms with van der Waals surface area (Å²) < 4.78 is 5.27. The largest absolute Gasteiger partial charge is 0.493 e. The van der Waals surface area contributed by atoms with Crippen molar-refractivity contribution in [2.45, 2.75) is 13.5 Å². The maximum atomic E-state index is 9.03. The van der Waals surface area contributed by atoms with Crippen LogP contribution < -0.4 is 16.2 Å². The molecule has 4 heteroatoms. The molecule has 1 rings (SSSR count). The molecule has 0 amide bonds. The van der Waals surface area contributed by atoms with E-state index in [2.05, 4.69) is 0 Å². The molecule has 72 valence electrons. The Balaban J connectivity index is 3.13. The summed E-state index contributed by atoms with van der Waals surface area (Å²) in [5.74, 6) is 0.594. The molecule has 5 N–H and O–H groups in total. The molecular formula is C9H14N2O2. The summed E-state index contributed by atoms with van der Waals surface area (Å²) in [5.41, 5.74) is 12.6. The van der Waals surface area contributed by atoms with E-state index in [0.29, 0.717) is 29.3 Å². The summed E-state index contributed by atoms with van der Waals surface area (Å²) in [6.45, 7) is 2.25. The van der Waals surface area contributed by atoms with Gasteiger partial charge in [0.2, 0.25) is 0 Å². The van der Waals surface area contributed by atoms with Crippen LogP contribution in [-0.2, 0) is 6.61 Å². The summed E-state index contributed by atoms with van der Waals surface area (Å²) in [4.78, 5) is 0. The minimum Gasteiger partial charge on any atom is -0.493 e. The lowest BCUT2D eigenvalue weighted by Crippen LogP contribution is -2.04. The van der Waals surface area contributed by atoms with Gasteiger partial charge in [0.15, 0.2) is 0 Å². The Kier molecular flexibility index (Phi) is 2.97. The molecule has 0 saturated carbocycles. The van der Waals surface area contributed by atoms with Crippen LogP contribution in [-0.4, -0.2) is 11.7 Å². The zero-order valence-electron chi connectivity index (χ0n) is 7.58. The lowest BCUT2D eigenvalue weighted by atomic mass is 10.1. The quantitative estimate of drug-likeness (QED) is 0.602. The second kappa shape index (κ2) is 4.00. The number of aliphatic hydroxyl groups is 1. The standard InChI is InChI=1S/C9H14N2O2/c1-2-13-8-4-3-7(10)9(11)6(8)5-12/h3-4,12H,2,5,10-11H2,1H3. The van der Waals surface area contributed by atoms with E-state index < -0.39 is 0 Å². The van der Waals surface area contributed by atoms with Crippen molar-refractivity contribution in [3.63, 3.8) is 0 Å². The predicted molar refractivity (Wildman–Crippen MR) is 52.4 cm³/mol. The highest BCUT2D eigenvalue weighted by molar-refractivity contribution is 5.70. The van der Waals surface area contributed by atoms with E-state index in [0.717, 1.165) is 0 Å². The first-order chi connectivity index (χ1) is 6.20. The third-order valence-electron chi connectivity index (χ3n) is 1.81. The normalized spacial score (nSPS) is 10.0. The maximum absolute atomic E-state index is 9.03. The first-order valence-electron chi connectivity index (χ1n) is 4.11. The topological polar surface area (TPSA) is 81.5 Å². The molecule has 0 bridgehead atoms. The third kappa shape index (κ3) is 1.84. The number of nitrogen functional groups attached to an aromatic ring is 2. The van der Waals surface area contributed by atoms with Gasteiger partial charge in [-0.25, -0.2) is 0 Å². The molecule has 0 aliphatic rings. The maximum Gasteiger partial charge on any atom is 0.127 e. The van der Waals surface area contributed by atoms with Crippen molar-refractivity contribution in [2.24, 2.45) is 0 Å². The van der Waals surface area contributed by atoms with Gasteiger partial charge in [0, 0.05) is 5.56 Å². The molecule has 0 aromatic heterocycles. The fourth-order valence-electron chi connectivity index (χ4n) is 1.12. The van der Waals surface area contributed by atoms with E-state index in [1.54, 1.807) is 12.1 Å². The van der Waals surface area contributed by atoms with Crippen molar-refractivity contribution in [3.05, 3.63) is 17.7 Å². The van der Waals surface area contributed by atoms with E-state index in [1.165, 1.54) is 0 Å². The molecule has 0 atom stereocenters. The van der Waals surface area contributed by atoms with Gasteiger partial charge in [-0.15, -0.1) is 0 Å². The van der Waals surface area contributed by atoms with Gasteiger partial charge in [-0.1, -0.05) is 0 Å². The van der Waals surface area contributed by atoms with Crippen LogP contribution in [0.15, 0.2) is 12.1 Å². The fourth-order valence-corrected chi connectivity index (χ4v) is 1.12. The number of aliphatic hydroxyl groups excluding tert-OH is 1. The summed E-state index contributed by atoms with van der Waals surface area (Å²) >= 11 is 0.